The van der Waals surface area contributed by atoms with Gasteiger partial charge in [0.1, 0.15) is 6.10 Å². The molecule has 10 nitrogen and oxygen atoms in total. The summed E-state index contributed by atoms with van der Waals surface area (Å²) in [6.45, 7) is 6.57. The third-order valence-electron chi connectivity index (χ3n) is 7.75. The van der Waals surface area contributed by atoms with E-state index < -0.39 is 70.5 Å². The quantitative estimate of drug-likeness (QED) is 0.252. The topological polar surface area (TPSA) is 149 Å². The van der Waals surface area contributed by atoms with E-state index in [1.165, 1.54) is 26.0 Å². The molecule has 0 bridgehead atoms. The summed E-state index contributed by atoms with van der Waals surface area (Å²) in [5.41, 5.74) is -4.56. The van der Waals surface area contributed by atoms with Gasteiger partial charge in [0.15, 0.2) is 23.1 Å². The van der Waals surface area contributed by atoms with Crippen molar-refractivity contribution in [1.29, 1.82) is 0 Å². The first-order valence-electron chi connectivity index (χ1n) is 11.3. The average molecular weight is 478 g/mol. The van der Waals surface area contributed by atoms with Crippen LogP contribution in [0.4, 0.5) is 0 Å². The highest BCUT2D eigenvalue weighted by atomic mass is 16.6. The second-order valence-corrected chi connectivity index (χ2v) is 10.0. The molecule has 186 valence electrons. The Hall–Kier alpha value is -2.56. The third kappa shape index (κ3) is 3.50. The Bertz CT molecular complexity index is 1000. The lowest BCUT2D eigenvalue weighted by Gasteiger charge is -2.53. The van der Waals surface area contributed by atoms with Crippen LogP contribution in [0.1, 0.15) is 41.0 Å². The van der Waals surface area contributed by atoms with Gasteiger partial charge in [0.25, 0.3) is 0 Å². The second kappa shape index (κ2) is 8.00. The maximum absolute atomic E-state index is 13.2. The maximum atomic E-state index is 13.2. The molecule has 0 aromatic rings. The zero-order valence-corrected chi connectivity index (χ0v) is 19.8. The van der Waals surface area contributed by atoms with Crippen LogP contribution in [-0.4, -0.2) is 76.1 Å². The summed E-state index contributed by atoms with van der Waals surface area (Å²) in [5, 5.41) is 22.1. The van der Waals surface area contributed by atoms with Crippen LogP contribution in [-0.2, 0) is 38.1 Å². The van der Waals surface area contributed by atoms with Gasteiger partial charge in [0.05, 0.1) is 30.7 Å². The number of ketones is 1. The van der Waals surface area contributed by atoms with Crippen LogP contribution in [0.3, 0.4) is 0 Å². The summed E-state index contributed by atoms with van der Waals surface area (Å²) in [4.78, 5) is 50.4. The fraction of sp³-hybridized carbons (Fsp3) is 0.667. The first kappa shape index (κ1) is 24.6. The molecule has 0 saturated carbocycles. The van der Waals surface area contributed by atoms with E-state index in [0.717, 1.165) is 13.8 Å². The van der Waals surface area contributed by atoms with Gasteiger partial charge in [-0.1, -0.05) is 13.0 Å². The van der Waals surface area contributed by atoms with Crippen molar-refractivity contribution in [3.63, 3.8) is 0 Å². The molecule has 4 rings (SSSR count). The fourth-order valence-electron chi connectivity index (χ4n) is 6.01. The lowest BCUT2D eigenvalue weighted by Crippen LogP contribution is -2.68. The SMILES string of the molecule is CC(=O)O[C@H]1[C@@H]2[C@](C)(C=CC(=O)[C@@]2(C)OC(C)=O)[C@H]2O[C@@H]2C/C(CO)=C\[C@@H]2OC(=O)[C@H](C)[C@]21O. The summed E-state index contributed by atoms with van der Waals surface area (Å²) in [6.07, 6.45) is 1.01. The van der Waals surface area contributed by atoms with Crippen molar-refractivity contribution in [2.45, 2.75) is 76.7 Å². The molecule has 34 heavy (non-hydrogen) atoms. The predicted molar refractivity (Wildman–Crippen MR) is 114 cm³/mol. The van der Waals surface area contributed by atoms with Crippen molar-refractivity contribution in [3.05, 3.63) is 23.8 Å². The lowest BCUT2D eigenvalue weighted by molar-refractivity contribution is -0.221. The zero-order chi connectivity index (χ0) is 25.2. The van der Waals surface area contributed by atoms with E-state index in [-0.39, 0.29) is 12.7 Å². The molecule has 2 aliphatic heterocycles. The first-order chi connectivity index (χ1) is 15.8. The van der Waals surface area contributed by atoms with Crippen LogP contribution in [0.25, 0.3) is 0 Å². The van der Waals surface area contributed by atoms with Gasteiger partial charge in [-0.2, -0.15) is 0 Å². The molecule has 9 atom stereocenters. The minimum Gasteiger partial charge on any atom is -0.459 e. The Morgan fingerprint density at radius 1 is 1.21 bits per heavy atom. The Kier molecular flexibility index (Phi) is 5.78. The van der Waals surface area contributed by atoms with Crippen molar-refractivity contribution < 1.29 is 48.3 Å². The molecule has 0 aromatic carbocycles. The molecule has 0 amide bonds. The molecule has 0 spiro atoms. The van der Waals surface area contributed by atoms with Crippen LogP contribution in [0, 0.1) is 17.3 Å². The molecule has 2 heterocycles. The Balaban J connectivity index is 2.02. The molecule has 2 saturated heterocycles. The number of ether oxygens (including phenoxy) is 4. The molecule has 0 radical (unpaired) electrons. The van der Waals surface area contributed by atoms with E-state index in [4.69, 9.17) is 18.9 Å². The van der Waals surface area contributed by atoms with Crippen LogP contribution in [0.15, 0.2) is 23.8 Å². The van der Waals surface area contributed by atoms with Gasteiger partial charge in [-0.3, -0.25) is 19.2 Å². The highest BCUT2D eigenvalue weighted by Gasteiger charge is 2.72. The highest BCUT2D eigenvalue weighted by Crippen LogP contribution is 2.58. The van der Waals surface area contributed by atoms with Crippen molar-refractivity contribution in [2.75, 3.05) is 6.61 Å². The number of hydrogen-bond acceptors (Lipinski definition) is 10. The summed E-state index contributed by atoms with van der Waals surface area (Å²) in [6, 6.07) is 0. The second-order valence-electron chi connectivity index (χ2n) is 10.0. The molecular formula is C24H30O10. The standard InChI is InChI=1S/C24H30O10/c1-11-21(29)33-17-9-14(10-25)8-15-19(32-15)22(4)7-6-16(28)23(5,34-13(3)27)18(22)20(24(11,17)30)31-12(2)26/h6-7,9,11,15,17-20,25,30H,8,10H2,1-5H3/b14-9+/t11-,15+,17-,18+,19-,20-,22-,23+,24-/m0/s1. The summed E-state index contributed by atoms with van der Waals surface area (Å²) < 4.78 is 22.7. The average Bonchev–Trinajstić information content (AvgIpc) is 3.48. The molecule has 2 fully saturated rings. The van der Waals surface area contributed by atoms with Crippen molar-refractivity contribution >= 4 is 23.7 Å². The normalized spacial score (nSPS) is 46.7. The Morgan fingerprint density at radius 2 is 1.88 bits per heavy atom. The number of aliphatic hydroxyl groups excluding tert-OH is 1. The first-order valence-corrected chi connectivity index (χ1v) is 11.3. The maximum Gasteiger partial charge on any atom is 0.312 e. The molecule has 4 aliphatic rings. The van der Waals surface area contributed by atoms with Crippen LogP contribution in [0.5, 0.6) is 0 Å². The minimum absolute atomic E-state index is 0.298. The van der Waals surface area contributed by atoms with Crippen molar-refractivity contribution in [3.8, 4) is 0 Å². The molecule has 2 aliphatic carbocycles. The number of fused-ring (bicyclic) bond motifs is 4. The van der Waals surface area contributed by atoms with Gasteiger partial charge < -0.3 is 29.2 Å². The van der Waals surface area contributed by atoms with Gasteiger partial charge >= 0.3 is 17.9 Å². The number of hydrogen-bond donors (Lipinski definition) is 2. The summed E-state index contributed by atoms with van der Waals surface area (Å²) >= 11 is 0. The van der Waals surface area contributed by atoms with E-state index in [1.807, 2.05) is 0 Å². The van der Waals surface area contributed by atoms with Crippen LogP contribution in [0.2, 0.25) is 0 Å². The number of carbonyl (C=O) groups is 4. The van der Waals surface area contributed by atoms with Gasteiger partial charge in [-0.05, 0) is 38.0 Å². The number of rotatable bonds is 3. The predicted octanol–water partition coefficient (Wildman–Crippen LogP) is 0.384. The smallest absolute Gasteiger partial charge is 0.312 e. The molecular weight excluding hydrogens is 448 g/mol. The zero-order valence-electron chi connectivity index (χ0n) is 19.8. The van der Waals surface area contributed by atoms with Crippen LogP contribution < -0.4 is 0 Å². The Labute approximate surface area is 196 Å². The molecule has 2 N–H and O–H groups in total. The van der Waals surface area contributed by atoms with E-state index in [9.17, 15) is 29.4 Å². The van der Waals surface area contributed by atoms with E-state index in [0.29, 0.717) is 12.0 Å². The monoisotopic (exact) mass is 478 g/mol. The molecule has 0 aromatic heterocycles. The van der Waals surface area contributed by atoms with Gasteiger partial charge in [0, 0.05) is 19.3 Å². The van der Waals surface area contributed by atoms with Crippen molar-refractivity contribution in [1.82, 2.24) is 0 Å². The number of epoxide rings is 1. The lowest BCUT2D eigenvalue weighted by atomic mass is 9.55. The number of esters is 3. The van der Waals surface area contributed by atoms with E-state index in [1.54, 1.807) is 13.0 Å². The third-order valence-corrected chi connectivity index (χ3v) is 7.75. The minimum atomic E-state index is -2.14. The molecule has 10 heteroatoms. The largest absolute Gasteiger partial charge is 0.459 e. The Morgan fingerprint density at radius 3 is 2.47 bits per heavy atom. The van der Waals surface area contributed by atoms with Crippen molar-refractivity contribution in [2.24, 2.45) is 17.3 Å². The highest BCUT2D eigenvalue weighted by molar-refractivity contribution is 5.99. The van der Waals surface area contributed by atoms with Gasteiger partial charge in [0.2, 0.25) is 0 Å². The number of carbonyl (C=O) groups excluding carboxylic acids is 4. The number of aliphatic hydroxyl groups is 2. The van der Waals surface area contributed by atoms with E-state index >= 15 is 0 Å². The summed E-state index contributed by atoms with van der Waals surface area (Å²) in [5.74, 6) is -5.09. The fourth-order valence-corrected chi connectivity index (χ4v) is 6.01. The molecule has 0 unspecified atom stereocenters. The summed E-state index contributed by atoms with van der Waals surface area (Å²) in [7, 11) is 0. The van der Waals surface area contributed by atoms with E-state index in [2.05, 4.69) is 0 Å². The van der Waals surface area contributed by atoms with Gasteiger partial charge in [-0.25, -0.2) is 0 Å². The van der Waals surface area contributed by atoms with Crippen LogP contribution >= 0.6 is 0 Å². The van der Waals surface area contributed by atoms with Gasteiger partial charge in [-0.15, -0.1) is 0 Å².